The van der Waals surface area contributed by atoms with Crippen molar-refractivity contribution in [2.24, 2.45) is 0 Å². The lowest BCUT2D eigenvalue weighted by atomic mass is 10.1. The fourth-order valence-electron chi connectivity index (χ4n) is 3.10. The van der Waals surface area contributed by atoms with Crippen molar-refractivity contribution in [1.82, 2.24) is 10.2 Å². The molecule has 0 aliphatic carbocycles. The molecule has 0 atom stereocenters. The van der Waals surface area contributed by atoms with Crippen LogP contribution in [-0.2, 0) is 9.59 Å². The second-order valence-electron chi connectivity index (χ2n) is 7.18. The van der Waals surface area contributed by atoms with Gasteiger partial charge >= 0.3 is 6.03 Å². The first-order valence-corrected chi connectivity index (χ1v) is 11.1. The van der Waals surface area contributed by atoms with Gasteiger partial charge in [-0.2, -0.15) is 0 Å². The quantitative estimate of drug-likeness (QED) is 0.296. The molecular weight excluding hydrogens is 525 g/mol. The van der Waals surface area contributed by atoms with Crippen LogP contribution in [0.15, 0.2) is 42.1 Å². The minimum Gasteiger partial charge on any atom is -0.493 e. The standard InChI is InChI=1S/C23H24IN3O5/c1-4-9-27-22(29)18(26-23(27)30)11-15-10-17(24)21(19(12-15)31-3)32-13-20(28)25-16-7-5-14(2)6-8-16/h5-8,10-12H,4,9,13H2,1-3H3,(H,25,28)(H,26,30)/b18-11+. The van der Waals surface area contributed by atoms with E-state index in [9.17, 15) is 14.4 Å². The molecule has 0 unspecified atom stereocenters. The molecule has 0 aromatic heterocycles. The van der Waals surface area contributed by atoms with Crippen molar-refractivity contribution >= 4 is 52.2 Å². The fraction of sp³-hybridized carbons (Fsp3) is 0.261. The third kappa shape index (κ3) is 5.58. The summed E-state index contributed by atoms with van der Waals surface area (Å²) in [5.41, 5.74) is 2.65. The number of carbonyl (C=O) groups is 3. The molecule has 2 N–H and O–H groups in total. The Hall–Kier alpha value is -3.08. The van der Waals surface area contributed by atoms with Gasteiger partial charge in [-0.1, -0.05) is 24.6 Å². The summed E-state index contributed by atoms with van der Waals surface area (Å²) in [6, 6.07) is 10.5. The number of nitrogens with zero attached hydrogens (tertiary/aromatic N) is 1. The number of anilines is 1. The number of methoxy groups -OCH3 is 1. The van der Waals surface area contributed by atoms with E-state index in [2.05, 4.69) is 33.2 Å². The van der Waals surface area contributed by atoms with Crippen LogP contribution in [0, 0.1) is 10.5 Å². The topological polar surface area (TPSA) is 97.0 Å². The van der Waals surface area contributed by atoms with Crippen molar-refractivity contribution in [2.75, 3.05) is 25.6 Å². The zero-order valence-electron chi connectivity index (χ0n) is 18.0. The largest absolute Gasteiger partial charge is 0.493 e. The molecule has 0 bridgehead atoms. The van der Waals surface area contributed by atoms with Crippen LogP contribution in [0.1, 0.15) is 24.5 Å². The monoisotopic (exact) mass is 549 g/mol. The maximum atomic E-state index is 12.4. The summed E-state index contributed by atoms with van der Waals surface area (Å²) in [4.78, 5) is 37.9. The smallest absolute Gasteiger partial charge is 0.329 e. The van der Waals surface area contributed by atoms with Crippen molar-refractivity contribution in [3.63, 3.8) is 0 Å². The highest BCUT2D eigenvalue weighted by Gasteiger charge is 2.32. The van der Waals surface area contributed by atoms with Gasteiger partial charge in [0.05, 0.1) is 10.7 Å². The minimum atomic E-state index is -0.427. The molecule has 2 aromatic rings. The first kappa shape index (κ1) is 23.6. The van der Waals surface area contributed by atoms with Crippen molar-refractivity contribution in [2.45, 2.75) is 20.3 Å². The minimum absolute atomic E-state index is 0.193. The number of carbonyl (C=O) groups excluding carboxylic acids is 3. The molecule has 1 aliphatic heterocycles. The van der Waals surface area contributed by atoms with Gasteiger partial charge in [-0.15, -0.1) is 0 Å². The van der Waals surface area contributed by atoms with Crippen molar-refractivity contribution in [1.29, 1.82) is 0 Å². The van der Waals surface area contributed by atoms with Crippen molar-refractivity contribution in [3.8, 4) is 11.5 Å². The summed E-state index contributed by atoms with van der Waals surface area (Å²) in [5.74, 6) is 0.171. The third-order valence-corrected chi connectivity index (χ3v) is 5.46. The molecule has 0 radical (unpaired) electrons. The Morgan fingerprint density at radius 1 is 1.22 bits per heavy atom. The van der Waals surface area contributed by atoms with Gasteiger partial charge < -0.3 is 20.1 Å². The average Bonchev–Trinajstić information content (AvgIpc) is 3.02. The lowest BCUT2D eigenvalue weighted by Crippen LogP contribution is -2.31. The van der Waals surface area contributed by atoms with Gasteiger partial charge in [0.2, 0.25) is 0 Å². The Morgan fingerprint density at radius 2 is 1.94 bits per heavy atom. The van der Waals surface area contributed by atoms with Gasteiger partial charge in [-0.25, -0.2) is 4.79 Å². The van der Waals surface area contributed by atoms with Gasteiger partial charge in [-0.3, -0.25) is 14.5 Å². The fourth-order valence-corrected chi connectivity index (χ4v) is 3.88. The Kier molecular flexibility index (Phi) is 7.73. The molecule has 1 heterocycles. The molecule has 9 heteroatoms. The lowest BCUT2D eigenvalue weighted by molar-refractivity contribution is -0.123. The van der Waals surface area contributed by atoms with E-state index in [0.29, 0.717) is 39.3 Å². The van der Waals surface area contributed by atoms with E-state index < -0.39 is 6.03 Å². The number of ether oxygens (including phenoxy) is 2. The molecule has 4 amide bonds. The number of nitrogens with one attached hydrogen (secondary N) is 2. The van der Waals surface area contributed by atoms with Crippen molar-refractivity contribution in [3.05, 3.63) is 56.8 Å². The van der Waals surface area contributed by atoms with Crippen molar-refractivity contribution < 1.29 is 23.9 Å². The zero-order valence-corrected chi connectivity index (χ0v) is 20.2. The summed E-state index contributed by atoms with van der Waals surface area (Å²) >= 11 is 2.07. The van der Waals surface area contributed by atoms with Gasteiger partial charge in [0.15, 0.2) is 18.1 Å². The van der Waals surface area contributed by atoms with Crippen LogP contribution in [0.3, 0.4) is 0 Å². The van der Waals surface area contributed by atoms with Gasteiger partial charge in [-0.05, 0) is 71.8 Å². The zero-order chi connectivity index (χ0) is 23.3. The van der Waals surface area contributed by atoms with Crippen LogP contribution in [0.2, 0.25) is 0 Å². The maximum absolute atomic E-state index is 12.4. The first-order chi connectivity index (χ1) is 15.3. The van der Waals surface area contributed by atoms with E-state index in [1.54, 1.807) is 18.2 Å². The molecule has 8 nitrogen and oxygen atoms in total. The molecular formula is C23H24IN3O5. The highest BCUT2D eigenvalue weighted by molar-refractivity contribution is 14.1. The van der Waals surface area contributed by atoms with Gasteiger partial charge in [0, 0.05) is 12.2 Å². The maximum Gasteiger partial charge on any atom is 0.329 e. The van der Waals surface area contributed by atoms with Gasteiger partial charge in [0.25, 0.3) is 11.8 Å². The van der Waals surface area contributed by atoms with E-state index in [4.69, 9.17) is 9.47 Å². The number of aryl methyl sites for hydroxylation is 1. The molecule has 2 aromatic carbocycles. The van der Waals surface area contributed by atoms with Gasteiger partial charge in [0.1, 0.15) is 5.70 Å². The normalized spacial score (nSPS) is 14.5. The number of benzene rings is 2. The Balaban J connectivity index is 1.72. The van der Waals surface area contributed by atoms with E-state index in [1.807, 2.05) is 38.1 Å². The Morgan fingerprint density at radius 3 is 2.59 bits per heavy atom. The summed E-state index contributed by atoms with van der Waals surface area (Å²) in [7, 11) is 1.49. The van der Waals surface area contributed by atoms with Crippen LogP contribution in [-0.4, -0.2) is 43.0 Å². The molecule has 168 valence electrons. The second-order valence-corrected chi connectivity index (χ2v) is 8.34. The Bertz CT molecular complexity index is 1070. The van der Waals surface area contributed by atoms with Crippen LogP contribution in [0.25, 0.3) is 6.08 Å². The number of urea groups is 1. The van der Waals surface area contributed by atoms with Crippen LogP contribution in [0.4, 0.5) is 10.5 Å². The first-order valence-electron chi connectivity index (χ1n) is 10.0. The number of halogens is 1. The predicted octanol–water partition coefficient (Wildman–Crippen LogP) is 3.93. The SMILES string of the molecule is CCCN1C(=O)N/C(=C/c2cc(I)c(OCC(=O)Nc3ccc(C)cc3)c(OC)c2)C1=O. The highest BCUT2D eigenvalue weighted by atomic mass is 127. The summed E-state index contributed by atoms with van der Waals surface area (Å²) in [5, 5.41) is 5.38. The van der Waals surface area contributed by atoms with E-state index in [0.717, 1.165) is 5.56 Å². The van der Waals surface area contributed by atoms with Crippen LogP contribution in [0.5, 0.6) is 11.5 Å². The van der Waals surface area contributed by atoms with Crippen LogP contribution < -0.4 is 20.1 Å². The Labute approximate surface area is 200 Å². The molecule has 1 saturated heterocycles. The van der Waals surface area contributed by atoms with E-state index >= 15 is 0 Å². The highest BCUT2D eigenvalue weighted by Crippen LogP contribution is 2.35. The number of hydrogen-bond acceptors (Lipinski definition) is 5. The van der Waals surface area contributed by atoms with Crippen LogP contribution >= 0.6 is 22.6 Å². The molecule has 1 fully saturated rings. The average molecular weight is 549 g/mol. The van der Waals surface area contributed by atoms with E-state index in [-0.39, 0.29) is 24.1 Å². The van der Waals surface area contributed by atoms with E-state index in [1.165, 1.54) is 12.0 Å². The summed E-state index contributed by atoms with van der Waals surface area (Å²) < 4.78 is 11.8. The molecule has 0 spiro atoms. The predicted molar refractivity (Wildman–Crippen MR) is 130 cm³/mol. The number of rotatable bonds is 8. The molecule has 1 aliphatic rings. The molecule has 32 heavy (non-hydrogen) atoms. The third-order valence-electron chi connectivity index (χ3n) is 4.66. The summed E-state index contributed by atoms with van der Waals surface area (Å²) in [6.45, 7) is 4.04. The summed E-state index contributed by atoms with van der Waals surface area (Å²) in [6.07, 6.45) is 2.27. The molecule has 3 rings (SSSR count). The number of imide groups is 1. The number of amides is 4. The number of hydrogen-bond donors (Lipinski definition) is 2. The lowest BCUT2D eigenvalue weighted by Gasteiger charge is -2.14. The molecule has 0 saturated carbocycles. The second kappa shape index (κ2) is 10.5.